The molecule has 2 aliphatic heterocycles. The molecule has 0 atom stereocenters. The molecular formula is C30H28N4O4Zn. The van der Waals surface area contributed by atoms with Gasteiger partial charge in [-0.25, -0.2) is 9.97 Å². The number of carbonyl (C=O) groups is 2. The number of fused-ring (bicyclic) bond motifs is 8. The number of carboxylic acid groups (broad SMARTS) is 2. The Bertz CT molecular complexity index is 1730. The first-order valence-electron chi connectivity index (χ1n) is 12.6. The number of carbonyl (C=O) groups excluding carboxylic acids is 2. The Morgan fingerprint density at radius 1 is 0.769 bits per heavy atom. The molecule has 5 rings (SSSR count). The third-order valence-corrected chi connectivity index (χ3v) is 7.24. The van der Waals surface area contributed by atoms with Crippen molar-refractivity contribution in [2.24, 2.45) is 0 Å². The van der Waals surface area contributed by atoms with E-state index < -0.39 is 11.9 Å². The number of hydrogen-bond donors (Lipinski definition) is 2. The zero-order valence-corrected chi connectivity index (χ0v) is 25.5. The Balaban J connectivity index is 0.00000353. The molecule has 0 fully saturated rings. The first kappa shape index (κ1) is 28.2. The number of nitrogens with zero attached hydrogens (tertiary/aromatic N) is 2. The largest absolute Gasteiger partial charge is 2.00 e. The SMILES string of the molecule is CC1=Cc2cc3[nH]c(cc4nc(cc5[nH]c(cc1n2)cc5C)C(C)=C4CCC(=O)[O-])c(CCC(=O)[O-])c3C.[Zn+2]. The van der Waals surface area contributed by atoms with Crippen molar-refractivity contribution in [1.82, 2.24) is 19.9 Å². The Labute approximate surface area is 238 Å². The van der Waals surface area contributed by atoms with E-state index in [4.69, 9.17) is 9.97 Å². The predicted molar refractivity (Wildman–Crippen MR) is 144 cm³/mol. The van der Waals surface area contributed by atoms with Gasteiger partial charge < -0.3 is 29.8 Å². The number of carboxylic acids is 2. The molecule has 0 amide bonds. The van der Waals surface area contributed by atoms with Crippen molar-refractivity contribution in [3.8, 4) is 0 Å². The van der Waals surface area contributed by atoms with Gasteiger partial charge in [0.05, 0.1) is 22.8 Å². The van der Waals surface area contributed by atoms with Gasteiger partial charge in [0.2, 0.25) is 0 Å². The fraction of sp³-hybridized carbons (Fsp3) is 0.267. The van der Waals surface area contributed by atoms with Gasteiger partial charge in [-0.3, -0.25) is 0 Å². The Morgan fingerprint density at radius 3 is 2.18 bits per heavy atom. The van der Waals surface area contributed by atoms with E-state index in [1.807, 2.05) is 58.0 Å². The quantitative estimate of drug-likeness (QED) is 0.432. The van der Waals surface area contributed by atoms with Crippen LogP contribution < -0.4 is 10.2 Å². The van der Waals surface area contributed by atoms with Gasteiger partial charge in [0.25, 0.3) is 0 Å². The monoisotopic (exact) mass is 572 g/mol. The first-order valence-corrected chi connectivity index (χ1v) is 12.6. The van der Waals surface area contributed by atoms with Crippen LogP contribution in [-0.4, -0.2) is 31.9 Å². The number of allylic oxidation sites excluding steroid dienone is 3. The second-order valence-corrected chi connectivity index (χ2v) is 9.93. The van der Waals surface area contributed by atoms with Crippen molar-refractivity contribution < 1.29 is 39.3 Å². The van der Waals surface area contributed by atoms with Crippen LogP contribution in [-0.2, 0) is 35.5 Å². The predicted octanol–water partition coefficient (Wildman–Crippen LogP) is 3.63. The van der Waals surface area contributed by atoms with Crippen molar-refractivity contribution in [2.75, 3.05) is 0 Å². The molecule has 0 spiro atoms. The summed E-state index contributed by atoms with van der Waals surface area (Å²) in [6.07, 6.45) is 2.33. The molecule has 2 aliphatic rings. The molecule has 3 aromatic rings. The molecule has 9 heteroatoms. The number of rotatable bonds is 6. The summed E-state index contributed by atoms with van der Waals surface area (Å²) in [6.45, 7) is 7.93. The van der Waals surface area contributed by atoms with E-state index >= 15 is 0 Å². The molecule has 0 aliphatic carbocycles. The molecule has 0 saturated heterocycles. The van der Waals surface area contributed by atoms with Crippen molar-refractivity contribution in [3.05, 3.63) is 69.8 Å². The maximum Gasteiger partial charge on any atom is 2.00 e. The maximum absolute atomic E-state index is 11.3. The van der Waals surface area contributed by atoms with Crippen LogP contribution in [0.15, 0.2) is 30.3 Å². The summed E-state index contributed by atoms with van der Waals surface area (Å²) in [5, 5.41) is 22.6. The topological polar surface area (TPSA) is 138 Å². The fourth-order valence-corrected chi connectivity index (χ4v) is 5.10. The van der Waals surface area contributed by atoms with E-state index in [-0.39, 0.29) is 45.2 Å². The van der Waals surface area contributed by atoms with Crippen LogP contribution >= 0.6 is 0 Å². The number of H-pyrrole nitrogens is 2. The van der Waals surface area contributed by atoms with Gasteiger partial charge in [0.15, 0.2) is 0 Å². The van der Waals surface area contributed by atoms with E-state index in [0.717, 1.165) is 72.6 Å². The van der Waals surface area contributed by atoms with Gasteiger partial charge in [0.1, 0.15) is 0 Å². The van der Waals surface area contributed by atoms with Crippen LogP contribution in [0.1, 0.15) is 72.6 Å². The van der Waals surface area contributed by atoms with Gasteiger partial charge in [-0.2, -0.15) is 0 Å². The minimum atomic E-state index is -1.13. The van der Waals surface area contributed by atoms with Crippen LogP contribution in [0.4, 0.5) is 0 Å². The van der Waals surface area contributed by atoms with Crippen molar-refractivity contribution in [3.63, 3.8) is 0 Å². The van der Waals surface area contributed by atoms with Gasteiger partial charge in [-0.1, -0.05) is 0 Å². The van der Waals surface area contributed by atoms with Gasteiger partial charge in [-0.15, -0.1) is 0 Å². The third-order valence-electron chi connectivity index (χ3n) is 7.24. The summed E-state index contributed by atoms with van der Waals surface area (Å²) >= 11 is 0. The number of aliphatic carboxylic acids is 2. The van der Waals surface area contributed by atoms with Crippen LogP contribution in [0.5, 0.6) is 0 Å². The van der Waals surface area contributed by atoms with E-state index in [1.54, 1.807) is 0 Å². The van der Waals surface area contributed by atoms with Gasteiger partial charge in [0, 0.05) is 34.0 Å². The summed E-state index contributed by atoms with van der Waals surface area (Å²) < 4.78 is 0. The molecule has 0 saturated carbocycles. The molecule has 0 radical (unpaired) electrons. The molecule has 39 heavy (non-hydrogen) atoms. The van der Waals surface area contributed by atoms with E-state index in [1.165, 1.54) is 0 Å². The first-order chi connectivity index (χ1) is 18.1. The molecule has 194 valence electrons. The molecule has 0 aromatic carbocycles. The number of aryl methyl sites for hydroxylation is 3. The smallest absolute Gasteiger partial charge is 0.550 e. The number of aromatic amines is 2. The molecule has 8 nitrogen and oxygen atoms in total. The summed E-state index contributed by atoms with van der Waals surface area (Å²) in [6, 6.07) is 9.88. The average molecular weight is 574 g/mol. The summed E-state index contributed by atoms with van der Waals surface area (Å²) in [4.78, 5) is 39.2. The van der Waals surface area contributed by atoms with E-state index in [0.29, 0.717) is 5.69 Å². The molecule has 8 bridgehead atoms. The van der Waals surface area contributed by atoms with Crippen molar-refractivity contribution >= 4 is 56.8 Å². The van der Waals surface area contributed by atoms with E-state index in [9.17, 15) is 19.8 Å². The standard InChI is InChI=1S/C30H30N4O4.Zn/c1-15-9-20-12-25-17(3)21(5-7-29(35)36)27(33-25)14-28-22(6-8-30(37)38)18(4)26(34-28)13-24-16(2)10-19(32-24)11-23(15)31-20;/h9-14,32-33H,5-8H2,1-4H3,(H,35,36)(H,37,38);/q;+2/p-2. The fourth-order valence-electron chi connectivity index (χ4n) is 5.10. The molecule has 0 unspecified atom stereocenters. The van der Waals surface area contributed by atoms with Crippen LogP contribution in [0.3, 0.4) is 0 Å². The minimum Gasteiger partial charge on any atom is -0.550 e. The average Bonchev–Trinajstić information content (AvgIpc) is 3.53. The maximum atomic E-state index is 11.3. The normalized spacial score (nSPS) is 12.8. The van der Waals surface area contributed by atoms with Gasteiger partial charge in [-0.05, 0) is 123 Å². The summed E-state index contributed by atoms with van der Waals surface area (Å²) in [5.41, 5.74) is 12.0. The van der Waals surface area contributed by atoms with Crippen LogP contribution in [0, 0.1) is 13.8 Å². The Morgan fingerprint density at radius 2 is 1.46 bits per heavy atom. The van der Waals surface area contributed by atoms with E-state index in [2.05, 4.69) is 16.0 Å². The van der Waals surface area contributed by atoms with Crippen molar-refractivity contribution in [2.45, 2.75) is 53.4 Å². The van der Waals surface area contributed by atoms with Crippen molar-refractivity contribution in [1.29, 1.82) is 0 Å². The summed E-state index contributed by atoms with van der Waals surface area (Å²) in [7, 11) is 0. The molecule has 3 aromatic heterocycles. The van der Waals surface area contributed by atoms with Crippen LogP contribution in [0.2, 0.25) is 0 Å². The molecule has 5 heterocycles. The second-order valence-electron chi connectivity index (χ2n) is 9.93. The molecular weight excluding hydrogens is 546 g/mol. The second kappa shape index (κ2) is 11.1. The van der Waals surface area contributed by atoms with Gasteiger partial charge >= 0.3 is 19.5 Å². The molecule has 2 N–H and O–H groups in total. The zero-order chi connectivity index (χ0) is 27.1. The number of aromatic nitrogens is 4. The summed E-state index contributed by atoms with van der Waals surface area (Å²) in [5.74, 6) is -2.25. The number of nitrogens with one attached hydrogen (secondary N) is 2. The zero-order valence-electron chi connectivity index (χ0n) is 22.5. The minimum absolute atomic E-state index is 0. The Kier molecular flexibility index (Phi) is 8.02. The Hall–Kier alpha value is -3.84. The van der Waals surface area contributed by atoms with Crippen LogP contribution in [0.25, 0.3) is 44.9 Å². The third kappa shape index (κ3) is 5.78. The number of hydrogen-bond acceptors (Lipinski definition) is 6.